The smallest absolute Gasteiger partial charge is 0.180 e. The minimum absolute atomic E-state index is 0.0917. The van der Waals surface area contributed by atoms with E-state index in [0.717, 1.165) is 26.2 Å². The van der Waals surface area contributed by atoms with Crippen LogP contribution in [0.3, 0.4) is 0 Å². The second kappa shape index (κ2) is 6.72. The highest BCUT2D eigenvalue weighted by molar-refractivity contribution is 6.00. The second-order valence-electron chi connectivity index (χ2n) is 5.07. The van der Waals surface area contributed by atoms with Crippen molar-refractivity contribution >= 4 is 5.78 Å². The first-order valence-electron chi connectivity index (χ1n) is 6.80. The third-order valence-electron chi connectivity index (χ3n) is 3.67. The Morgan fingerprint density at radius 3 is 2.45 bits per heavy atom. The van der Waals surface area contributed by atoms with Crippen molar-refractivity contribution in [1.82, 2.24) is 9.80 Å². The lowest BCUT2D eigenvalue weighted by Crippen LogP contribution is -2.46. The molecule has 1 heterocycles. The van der Waals surface area contributed by atoms with E-state index in [0.29, 0.717) is 23.6 Å². The van der Waals surface area contributed by atoms with Crippen LogP contribution in [0.4, 0.5) is 0 Å². The molecule has 5 nitrogen and oxygen atoms in total. The van der Waals surface area contributed by atoms with Gasteiger partial charge < -0.3 is 14.4 Å². The standard InChI is InChI=1S/C15H22N2O3/c1-16-6-8-17(9-7-16)11-14(18)13-5-4-12(19-2)10-15(13)20-3/h4-5,10H,6-9,11H2,1-3H3. The molecule has 0 amide bonds. The molecule has 1 aliphatic heterocycles. The SMILES string of the molecule is COc1ccc(C(=O)CN2CCN(C)CC2)c(OC)c1. The maximum atomic E-state index is 12.4. The monoisotopic (exact) mass is 278 g/mol. The number of rotatable bonds is 5. The van der Waals surface area contributed by atoms with E-state index in [1.165, 1.54) is 0 Å². The number of ketones is 1. The van der Waals surface area contributed by atoms with Crippen LogP contribution in [-0.2, 0) is 0 Å². The summed E-state index contributed by atoms with van der Waals surface area (Å²) in [7, 11) is 5.27. The fraction of sp³-hybridized carbons (Fsp3) is 0.533. The van der Waals surface area contributed by atoms with E-state index in [4.69, 9.17) is 9.47 Å². The summed E-state index contributed by atoms with van der Waals surface area (Å²) >= 11 is 0. The van der Waals surface area contributed by atoms with E-state index in [2.05, 4.69) is 16.8 Å². The number of carbonyl (C=O) groups is 1. The van der Waals surface area contributed by atoms with Crippen molar-refractivity contribution in [2.75, 3.05) is 54.0 Å². The van der Waals surface area contributed by atoms with Gasteiger partial charge in [-0.25, -0.2) is 0 Å². The number of benzene rings is 1. The Morgan fingerprint density at radius 2 is 1.85 bits per heavy atom. The van der Waals surface area contributed by atoms with E-state index in [1.54, 1.807) is 32.4 Å². The van der Waals surface area contributed by atoms with E-state index in [1.807, 2.05) is 0 Å². The number of methoxy groups -OCH3 is 2. The van der Waals surface area contributed by atoms with Crippen LogP contribution in [0.1, 0.15) is 10.4 Å². The zero-order valence-electron chi connectivity index (χ0n) is 12.4. The molecular weight excluding hydrogens is 256 g/mol. The quantitative estimate of drug-likeness (QED) is 0.755. The Kier molecular flexibility index (Phi) is 4.98. The van der Waals surface area contributed by atoms with Gasteiger partial charge in [-0.15, -0.1) is 0 Å². The Bertz CT molecular complexity index is 468. The molecule has 1 aromatic rings. The molecule has 0 unspecified atom stereocenters. The van der Waals surface area contributed by atoms with Gasteiger partial charge in [0, 0.05) is 32.2 Å². The summed E-state index contributed by atoms with van der Waals surface area (Å²) in [4.78, 5) is 16.9. The molecule has 0 radical (unpaired) electrons. The van der Waals surface area contributed by atoms with Crippen LogP contribution < -0.4 is 9.47 Å². The number of hydrogen-bond donors (Lipinski definition) is 0. The van der Waals surface area contributed by atoms with E-state index in [-0.39, 0.29) is 5.78 Å². The minimum atomic E-state index is 0.0917. The van der Waals surface area contributed by atoms with Gasteiger partial charge in [0.05, 0.1) is 26.3 Å². The number of ether oxygens (including phenoxy) is 2. The Morgan fingerprint density at radius 1 is 1.15 bits per heavy atom. The molecule has 0 N–H and O–H groups in total. The first kappa shape index (κ1) is 14.8. The van der Waals surface area contributed by atoms with Gasteiger partial charge in [0.1, 0.15) is 11.5 Å². The number of piperazine rings is 1. The number of Topliss-reactive ketones (excluding diaryl/α,β-unsaturated/α-hetero) is 1. The Balaban J connectivity index is 2.05. The third kappa shape index (κ3) is 3.49. The summed E-state index contributed by atoms with van der Waals surface area (Å²) in [5.74, 6) is 1.36. The molecule has 1 saturated heterocycles. The molecule has 110 valence electrons. The van der Waals surface area contributed by atoms with Crippen LogP contribution in [0.15, 0.2) is 18.2 Å². The van der Waals surface area contributed by atoms with Crippen molar-refractivity contribution in [2.45, 2.75) is 0 Å². The van der Waals surface area contributed by atoms with Crippen LogP contribution in [-0.4, -0.2) is 69.6 Å². The van der Waals surface area contributed by atoms with Crippen molar-refractivity contribution in [2.24, 2.45) is 0 Å². The molecule has 0 spiro atoms. The van der Waals surface area contributed by atoms with Crippen molar-refractivity contribution in [1.29, 1.82) is 0 Å². The maximum Gasteiger partial charge on any atom is 0.180 e. The van der Waals surface area contributed by atoms with Crippen LogP contribution in [0.2, 0.25) is 0 Å². The zero-order chi connectivity index (χ0) is 14.5. The molecule has 0 aliphatic carbocycles. The van der Waals surface area contributed by atoms with Gasteiger partial charge in [0.25, 0.3) is 0 Å². The van der Waals surface area contributed by atoms with Gasteiger partial charge in [0.2, 0.25) is 0 Å². The van der Waals surface area contributed by atoms with Crippen LogP contribution in [0, 0.1) is 0 Å². The zero-order valence-corrected chi connectivity index (χ0v) is 12.4. The van der Waals surface area contributed by atoms with Gasteiger partial charge >= 0.3 is 0 Å². The molecule has 5 heteroatoms. The number of hydrogen-bond acceptors (Lipinski definition) is 5. The average molecular weight is 278 g/mol. The number of nitrogens with zero attached hydrogens (tertiary/aromatic N) is 2. The summed E-state index contributed by atoms with van der Waals surface area (Å²) < 4.78 is 10.4. The lowest BCUT2D eigenvalue weighted by molar-refractivity contribution is 0.0873. The van der Waals surface area contributed by atoms with Crippen molar-refractivity contribution in [3.63, 3.8) is 0 Å². The van der Waals surface area contributed by atoms with Crippen molar-refractivity contribution < 1.29 is 14.3 Å². The van der Waals surface area contributed by atoms with E-state index >= 15 is 0 Å². The highest BCUT2D eigenvalue weighted by Crippen LogP contribution is 2.25. The lowest BCUT2D eigenvalue weighted by atomic mass is 10.1. The fourth-order valence-electron chi connectivity index (χ4n) is 2.32. The first-order chi connectivity index (χ1) is 9.63. The van der Waals surface area contributed by atoms with Crippen molar-refractivity contribution in [3.05, 3.63) is 23.8 Å². The Hall–Kier alpha value is -1.59. The molecule has 0 bridgehead atoms. The summed E-state index contributed by atoms with van der Waals surface area (Å²) in [5.41, 5.74) is 0.618. The second-order valence-corrected chi connectivity index (χ2v) is 5.07. The Labute approximate surface area is 120 Å². The summed E-state index contributed by atoms with van der Waals surface area (Å²) in [6.07, 6.45) is 0. The van der Waals surface area contributed by atoms with Crippen LogP contribution in [0.25, 0.3) is 0 Å². The first-order valence-corrected chi connectivity index (χ1v) is 6.80. The topological polar surface area (TPSA) is 42.0 Å². The fourth-order valence-corrected chi connectivity index (χ4v) is 2.32. The van der Waals surface area contributed by atoms with Gasteiger partial charge in [-0.05, 0) is 19.2 Å². The molecule has 1 aliphatic rings. The molecule has 0 aromatic heterocycles. The lowest BCUT2D eigenvalue weighted by Gasteiger charge is -2.31. The maximum absolute atomic E-state index is 12.4. The number of likely N-dealkylation sites (N-methyl/N-ethyl adjacent to an activating group) is 1. The molecular formula is C15H22N2O3. The van der Waals surface area contributed by atoms with Crippen molar-refractivity contribution in [3.8, 4) is 11.5 Å². The summed E-state index contributed by atoms with van der Waals surface area (Å²) in [6, 6.07) is 5.31. The molecule has 2 rings (SSSR count). The predicted octanol–water partition coefficient (Wildman–Crippen LogP) is 1.13. The number of carbonyl (C=O) groups excluding carboxylic acids is 1. The highest BCUT2D eigenvalue weighted by atomic mass is 16.5. The van der Waals surface area contributed by atoms with Gasteiger partial charge in [0.15, 0.2) is 5.78 Å². The van der Waals surface area contributed by atoms with Gasteiger partial charge in [-0.1, -0.05) is 0 Å². The molecule has 0 atom stereocenters. The molecule has 20 heavy (non-hydrogen) atoms. The van der Waals surface area contributed by atoms with Gasteiger partial charge in [-0.2, -0.15) is 0 Å². The van der Waals surface area contributed by atoms with Crippen LogP contribution in [0.5, 0.6) is 11.5 Å². The normalized spacial score (nSPS) is 16.9. The van der Waals surface area contributed by atoms with E-state index in [9.17, 15) is 4.79 Å². The minimum Gasteiger partial charge on any atom is -0.497 e. The molecule has 0 saturated carbocycles. The summed E-state index contributed by atoms with van der Waals surface area (Å²) in [6.45, 7) is 4.32. The molecule has 1 aromatic carbocycles. The van der Waals surface area contributed by atoms with Gasteiger partial charge in [-0.3, -0.25) is 9.69 Å². The third-order valence-corrected chi connectivity index (χ3v) is 3.67. The predicted molar refractivity (Wildman–Crippen MR) is 77.8 cm³/mol. The average Bonchev–Trinajstić information content (AvgIpc) is 2.48. The van der Waals surface area contributed by atoms with E-state index < -0.39 is 0 Å². The molecule has 1 fully saturated rings. The van der Waals surface area contributed by atoms with Crippen LogP contribution >= 0.6 is 0 Å². The highest BCUT2D eigenvalue weighted by Gasteiger charge is 2.19. The summed E-state index contributed by atoms with van der Waals surface area (Å²) in [5, 5.41) is 0. The largest absolute Gasteiger partial charge is 0.497 e.